The van der Waals surface area contributed by atoms with E-state index in [2.05, 4.69) is 90.9 Å². The van der Waals surface area contributed by atoms with Gasteiger partial charge in [0.05, 0.1) is 17.3 Å². The van der Waals surface area contributed by atoms with Gasteiger partial charge in [0.25, 0.3) is 5.01 Å². The molecule has 4 rings (SSSR count). The fourth-order valence-corrected chi connectivity index (χ4v) is 5.81. The van der Waals surface area contributed by atoms with Crippen molar-refractivity contribution in [2.75, 3.05) is 18.1 Å². The number of hydrogen-bond donors (Lipinski definition) is 0. The average molecular weight is 551 g/mol. The number of allylic oxidation sites excluding steroid dienone is 2. The van der Waals surface area contributed by atoms with Crippen molar-refractivity contribution in [1.82, 2.24) is 0 Å². The van der Waals surface area contributed by atoms with Crippen LogP contribution in [-0.4, -0.2) is 13.2 Å². The van der Waals surface area contributed by atoms with Gasteiger partial charge in [0.2, 0.25) is 5.52 Å². The Labute approximate surface area is 204 Å². The van der Waals surface area contributed by atoms with E-state index < -0.39 is 0 Å². The lowest BCUT2D eigenvalue weighted by Crippen LogP contribution is -3.00. The Morgan fingerprint density at radius 3 is 2.70 bits per heavy atom. The summed E-state index contributed by atoms with van der Waals surface area (Å²) in [6.45, 7) is 9.21. The molecule has 0 bridgehead atoms. The molecule has 0 radical (unpaired) electrons. The lowest BCUT2D eigenvalue weighted by molar-refractivity contribution is -0.665. The third kappa shape index (κ3) is 4.70. The Morgan fingerprint density at radius 1 is 1.10 bits per heavy atom. The van der Waals surface area contributed by atoms with Gasteiger partial charge in [0, 0.05) is 29.6 Å². The van der Waals surface area contributed by atoms with Crippen molar-refractivity contribution in [3.63, 3.8) is 0 Å². The Kier molecular flexibility index (Phi) is 8.25. The molecule has 3 aromatic rings. The van der Waals surface area contributed by atoms with Crippen LogP contribution in [0.5, 0.6) is 5.75 Å². The zero-order chi connectivity index (χ0) is 20.2. The van der Waals surface area contributed by atoms with Crippen LogP contribution in [-0.2, 0) is 6.54 Å². The molecule has 0 aliphatic carbocycles. The second-order valence-corrected chi connectivity index (χ2v) is 8.97. The molecule has 158 valence electrons. The van der Waals surface area contributed by atoms with Crippen molar-refractivity contribution in [3.8, 4) is 5.75 Å². The van der Waals surface area contributed by atoms with Gasteiger partial charge in [0.1, 0.15) is 17.0 Å². The molecular formula is C24H27IN2OS2. The van der Waals surface area contributed by atoms with Crippen LogP contribution >= 0.6 is 23.1 Å². The van der Waals surface area contributed by atoms with Gasteiger partial charge in [-0.05, 0) is 44.5 Å². The van der Waals surface area contributed by atoms with E-state index in [1.807, 2.05) is 23.1 Å². The molecule has 2 aromatic carbocycles. The summed E-state index contributed by atoms with van der Waals surface area (Å²) in [6.07, 6.45) is 7.66. The molecule has 0 saturated carbocycles. The van der Waals surface area contributed by atoms with Gasteiger partial charge in [-0.2, -0.15) is 4.57 Å². The van der Waals surface area contributed by atoms with Crippen LogP contribution in [0, 0.1) is 0 Å². The molecule has 0 N–H and O–H groups in total. The molecule has 0 unspecified atom stereocenters. The number of thiazole rings is 1. The standard InChI is InChI=1S/C24H27N2OS2.HI/c1-4-16-27-18-14-15-22-20(17-18)26(6-3)24(29-22)13-9-12-23-25(5-2)19-10-7-8-11-21(19)28-23;/h7-15,17H,4-6,16H2,1-3H3;1H/q+1;/p-1. The smallest absolute Gasteiger partial charge is 0.262 e. The van der Waals surface area contributed by atoms with Gasteiger partial charge < -0.3 is 33.6 Å². The summed E-state index contributed by atoms with van der Waals surface area (Å²) in [7, 11) is 0. The number of fused-ring (bicyclic) bond motifs is 2. The SMILES string of the molecule is CCCOc1ccc2c(c1)N(CC)/C(=C/C=C/c1sc3ccccc3[n+]1CC)S2.[I-]. The van der Waals surface area contributed by atoms with E-state index >= 15 is 0 Å². The number of benzene rings is 2. The normalized spacial score (nSPS) is 14.5. The molecule has 0 atom stereocenters. The zero-order valence-corrected chi connectivity index (χ0v) is 21.4. The lowest BCUT2D eigenvalue weighted by atomic mass is 10.2. The Bertz CT molecular complexity index is 1070. The van der Waals surface area contributed by atoms with Crippen molar-refractivity contribution >= 4 is 45.1 Å². The molecule has 1 aromatic heterocycles. The summed E-state index contributed by atoms with van der Waals surface area (Å²) in [5.74, 6) is 0.954. The van der Waals surface area contributed by atoms with E-state index in [-0.39, 0.29) is 24.0 Å². The average Bonchev–Trinajstić information content (AvgIpc) is 3.28. The van der Waals surface area contributed by atoms with Gasteiger partial charge in [-0.15, -0.1) is 0 Å². The fourth-order valence-electron chi connectivity index (χ4n) is 3.56. The van der Waals surface area contributed by atoms with E-state index in [0.29, 0.717) is 0 Å². The van der Waals surface area contributed by atoms with Crippen molar-refractivity contribution in [2.24, 2.45) is 0 Å². The number of nitrogens with zero attached hydrogens (tertiary/aromatic N) is 2. The number of halogens is 1. The Balaban J connectivity index is 0.00000256. The minimum absolute atomic E-state index is 0. The number of rotatable bonds is 7. The third-order valence-corrected chi connectivity index (χ3v) is 7.18. The molecule has 3 nitrogen and oxygen atoms in total. The predicted molar refractivity (Wildman–Crippen MR) is 126 cm³/mol. The summed E-state index contributed by atoms with van der Waals surface area (Å²) in [6, 6.07) is 15.0. The maximum absolute atomic E-state index is 5.83. The van der Waals surface area contributed by atoms with E-state index in [1.165, 1.54) is 30.8 Å². The molecule has 0 fully saturated rings. The summed E-state index contributed by atoms with van der Waals surface area (Å²) >= 11 is 3.67. The van der Waals surface area contributed by atoms with Crippen LogP contribution in [0.2, 0.25) is 0 Å². The van der Waals surface area contributed by atoms with Crippen molar-refractivity contribution < 1.29 is 33.3 Å². The molecule has 2 heterocycles. The highest BCUT2D eigenvalue weighted by Gasteiger charge is 2.24. The number of aromatic nitrogens is 1. The van der Waals surface area contributed by atoms with Crippen LogP contribution < -0.4 is 38.2 Å². The number of para-hydroxylation sites is 1. The first-order chi connectivity index (χ1) is 14.2. The van der Waals surface area contributed by atoms with Crippen LogP contribution in [0.15, 0.2) is 64.5 Å². The van der Waals surface area contributed by atoms with Crippen LogP contribution in [0.4, 0.5) is 5.69 Å². The zero-order valence-electron chi connectivity index (χ0n) is 17.6. The van der Waals surface area contributed by atoms with Crippen LogP contribution in [0.3, 0.4) is 0 Å². The highest BCUT2D eigenvalue weighted by Crippen LogP contribution is 2.47. The van der Waals surface area contributed by atoms with E-state index in [4.69, 9.17) is 4.74 Å². The number of aryl methyl sites for hydroxylation is 1. The fraction of sp³-hybridized carbons (Fsp3) is 0.292. The molecule has 0 amide bonds. The molecule has 1 aliphatic rings. The lowest BCUT2D eigenvalue weighted by Gasteiger charge is -2.18. The number of thioether (sulfide) groups is 1. The number of anilines is 1. The first-order valence-electron chi connectivity index (χ1n) is 10.3. The van der Waals surface area contributed by atoms with Gasteiger partial charge in [-0.25, -0.2) is 0 Å². The number of hydrogen-bond acceptors (Lipinski definition) is 4. The summed E-state index contributed by atoms with van der Waals surface area (Å²) < 4.78 is 9.54. The monoisotopic (exact) mass is 550 g/mol. The van der Waals surface area contributed by atoms with E-state index in [0.717, 1.165) is 31.9 Å². The summed E-state index contributed by atoms with van der Waals surface area (Å²) in [5.41, 5.74) is 2.56. The van der Waals surface area contributed by atoms with Gasteiger partial charge in [-0.3, -0.25) is 0 Å². The maximum Gasteiger partial charge on any atom is 0.262 e. The highest BCUT2D eigenvalue weighted by molar-refractivity contribution is 8.03. The molecule has 1 aliphatic heterocycles. The quantitative estimate of drug-likeness (QED) is 0.331. The molecule has 30 heavy (non-hydrogen) atoms. The van der Waals surface area contributed by atoms with Crippen molar-refractivity contribution in [1.29, 1.82) is 0 Å². The van der Waals surface area contributed by atoms with Crippen molar-refractivity contribution in [3.05, 3.63) is 64.7 Å². The second kappa shape index (κ2) is 10.7. The van der Waals surface area contributed by atoms with E-state index in [1.54, 1.807) is 0 Å². The first kappa shape index (κ1) is 23.2. The predicted octanol–water partition coefficient (Wildman–Crippen LogP) is 3.49. The second-order valence-electron chi connectivity index (χ2n) is 6.84. The largest absolute Gasteiger partial charge is 1.00 e. The third-order valence-electron chi connectivity index (χ3n) is 4.92. The maximum atomic E-state index is 5.83. The van der Waals surface area contributed by atoms with E-state index in [9.17, 15) is 0 Å². The Hall–Kier alpha value is -1.51. The minimum atomic E-state index is 0. The highest BCUT2D eigenvalue weighted by atomic mass is 127. The van der Waals surface area contributed by atoms with Gasteiger partial charge in [-0.1, -0.05) is 48.2 Å². The minimum Gasteiger partial charge on any atom is -1.00 e. The number of ether oxygens (including phenoxy) is 1. The molecule has 6 heteroatoms. The van der Waals surface area contributed by atoms with Crippen LogP contribution in [0.1, 0.15) is 32.2 Å². The molecular weight excluding hydrogens is 523 g/mol. The van der Waals surface area contributed by atoms with Crippen LogP contribution in [0.25, 0.3) is 16.3 Å². The Morgan fingerprint density at radius 2 is 1.93 bits per heavy atom. The summed E-state index contributed by atoms with van der Waals surface area (Å²) in [5, 5.41) is 2.54. The van der Waals surface area contributed by atoms with Gasteiger partial charge in [0.15, 0.2) is 0 Å². The first-order valence-corrected chi connectivity index (χ1v) is 11.9. The topological polar surface area (TPSA) is 16.4 Å². The molecule has 0 saturated heterocycles. The molecule has 0 spiro atoms. The van der Waals surface area contributed by atoms with Gasteiger partial charge >= 0.3 is 0 Å². The summed E-state index contributed by atoms with van der Waals surface area (Å²) in [4.78, 5) is 3.66. The van der Waals surface area contributed by atoms with Crippen molar-refractivity contribution in [2.45, 2.75) is 38.6 Å².